The molecule has 0 aliphatic heterocycles. The topological polar surface area (TPSA) is 56.0 Å². The molecule has 2 aromatic heterocycles. The van der Waals surface area contributed by atoms with Crippen LogP contribution in [0.4, 0.5) is 5.82 Å². The lowest BCUT2D eigenvalue weighted by Gasteiger charge is -2.06. The van der Waals surface area contributed by atoms with Crippen molar-refractivity contribution in [1.82, 2.24) is 9.38 Å². The molecule has 0 saturated carbocycles. The number of benzene rings is 1. The van der Waals surface area contributed by atoms with Crippen LogP contribution in [0.1, 0.15) is 5.56 Å². The number of aromatic nitrogens is 2. The summed E-state index contributed by atoms with van der Waals surface area (Å²) in [5, 5.41) is 3.64. The number of pyridine rings is 1. The average molecular weight is 302 g/mol. The van der Waals surface area contributed by atoms with Crippen LogP contribution >= 0.6 is 11.6 Å². The smallest absolute Gasteiger partial charge is 0.209 e. The fourth-order valence-corrected chi connectivity index (χ4v) is 2.46. The van der Waals surface area contributed by atoms with E-state index in [4.69, 9.17) is 16.3 Å². The van der Waals surface area contributed by atoms with Gasteiger partial charge in [0.1, 0.15) is 17.1 Å². The molecule has 3 rings (SSSR count). The predicted octanol–water partition coefficient (Wildman–Crippen LogP) is 4.37. The van der Waals surface area contributed by atoms with Crippen molar-refractivity contribution in [3.63, 3.8) is 0 Å². The number of imidazole rings is 1. The maximum Gasteiger partial charge on any atom is 0.209 e. The Morgan fingerprint density at radius 3 is 2.76 bits per heavy atom. The van der Waals surface area contributed by atoms with Gasteiger partial charge in [-0.15, -0.1) is 4.91 Å². The van der Waals surface area contributed by atoms with Crippen molar-refractivity contribution in [2.45, 2.75) is 6.92 Å². The third-order valence-corrected chi connectivity index (χ3v) is 3.56. The first kappa shape index (κ1) is 13.6. The van der Waals surface area contributed by atoms with Crippen LogP contribution < -0.4 is 4.74 Å². The van der Waals surface area contributed by atoms with Crippen LogP contribution in [0.5, 0.6) is 5.75 Å². The number of nitrogens with zero attached hydrogens (tertiary/aromatic N) is 3. The quantitative estimate of drug-likeness (QED) is 0.675. The van der Waals surface area contributed by atoms with Gasteiger partial charge in [-0.05, 0) is 48.0 Å². The van der Waals surface area contributed by atoms with E-state index >= 15 is 0 Å². The molecule has 0 N–H and O–H groups in total. The van der Waals surface area contributed by atoms with Crippen LogP contribution in [-0.4, -0.2) is 16.5 Å². The molecule has 0 spiro atoms. The number of rotatable bonds is 3. The van der Waals surface area contributed by atoms with Gasteiger partial charge in [0.2, 0.25) is 5.82 Å². The molecule has 21 heavy (non-hydrogen) atoms. The normalized spacial score (nSPS) is 10.8. The molecular weight excluding hydrogens is 290 g/mol. The molecule has 0 saturated heterocycles. The van der Waals surface area contributed by atoms with Gasteiger partial charge in [-0.3, -0.25) is 4.40 Å². The van der Waals surface area contributed by atoms with Gasteiger partial charge in [0, 0.05) is 11.8 Å². The largest absolute Gasteiger partial charge is 0.497 e. The van der Waals surface area contributed by atoms with Crippen LogP contribution in [0.3, 0.4) is 0 Å². The van der Waals surface area contributed by atoms with E-state index in [1.54, 1.807) is 29.8 Å². The Morgan fingerprint density at radius 2 is 2.10 bits per heavy atom. The zero-order valence-corrected chi connectivity index (χ0v) is 12.3. The zero-order valence-electron chi connectivity index (χ0n) is 11.5. The van der Waals surface area contributed by atoms with Crippen molar-refractivity contribution < 1.29 is 4.74 Å². The zero-order chi connectivity index (χ0) is 15.0. The van der Waals surface area contributed by atoms with Gasteiger partial charge in [-0.25, -0.2) is 4.98 Å². The summed E-state index contributed by atoms with van der Waals surface area (Å²) < 4.78 is 6.78. The summed E-state index contributed by atoms with van der Waals surface area (Å²) >= 11 is 5.96. The minimum atomic E-state index is 0.237. The Kier molecular flexibility index (Phi) is 3.35. The molecule has 2 heterocycles. The summed E-state index contributed by atoms with van der Waals surface area (Å²) in [7, 11) is 1.61. The summed E-state index contributed by atoms with van der Waals surface area (Å²) in [4.78, 5) is 15.7. The molecule has 3 aromatic rings. The fourth-order valence-electron chi connectivity index (χ4n) is 2.30. The van der Waals surface area contributed by atoms with Crippen LogP contribution in [0.2, 0.25) is 5.02 Å². The van der Waals surface area contributed by atoms with E-state index < -0.39 is 0 Å². The summed E-state index contributed by atoms with van der Waals surface area (Å²) in [6.07, 6.45) is 1.63. The second kappa shape index (κ2) is 5.18. The molecule has 0 amide bonds. The van der Waals surface area contributed by atoms with Crippen LogP contribution in [0, 0.1) is 11.8 Å². The Labute approximate surface area is 126 Å². The third-order valence-electron chi connectivity index (χ3n) is 3.33. The van der Waals surface area contributed by atoms with Gasteiger partial charge in [-0.1, -0.05) is 11.6 Å². The molecule has 0 unspecified atom stereocenters. The monoisotopic (exact) mass is 301 g/mol. The summed E-state index contributed by atoms with van der Waals surface area (Å²) in [6.45, 7) is 1.93. The first-order chi connectivity index (χ1) is 10.1. The van der Waals surface area contributed by atoms with E-state index in [0.29, 0.717) is 16.4 Å². The van der Waals surface area contributed by atoms with Crippen LogP contribution in [-0.2, 0) is 0 Å². The predicted molar refractivity (Wildman–Crippen MR) is 82.4 cm³/mol. The molecular formula is C15H12ClN3O2. The van der Waals surface area contributed by atoms with E-state index in [0.717, 1.165) is 16.9 Å². The highest BCUT2D eigenvalue weighted by atomic mass is 35.5. The van der Waals surface area contributed by atoms with E-state index in [1.165, 1.54) is 0 Å². The minimum Gasteiger partial charge on any atom is -0.497 e. The Hall–Kier alpha value is -2.40. The number of halogens is 1. The highest BCUT2D eigenvalue weighted by Crippen LogP contribution is 2.34. The summed E-state index contributed by atoms with van der Waals surface area (Å²) in [5.41, 5.74) is 2.95. The van der Waals surface area contributed by atoms with Gasteiger partial charge in [0.05, 0.1) is 12.1 Å². The Bertz CT molecular complexity index is 842. The maximum absolute atomic E-state index is 11.2. The molecule has 1 aromatic carbocycles. The number of aryl methyl sites for hydroxylation is 1. The SMILES string of the molecule is COc1ccc(-c2nc3ccc(Cl)cn3c2N=O)c(C)c1. The van der Waals surface area contributed by atoms with Crippen molar-refractivity contribution >= 4 is 23.1 Å². The molecule has 106 valence electrons. The number of fused-ring (bicyclic) bond motifs is 1. The minimum absolute atomic E-state index is 0.237. The van der Waals surface area contributed by atoms with E-state index in [9.17, 15) is 4.91 Å². The van der Waals surface area contributed by atoms with Gasteiger partial charge in [-0.2, -0.15) is 0 Å². The second-order valence-corrected chi connectivity index (χ2v) is 5.07. The second-order valence-electron chi connectivity index (χ2n) is 4.63. The highest BCUT2D eigenvalue weighted by Gasteiger charge is 2.17. The summed E-state index contributed by atoms with van der Waals surface area (Å²) in [6, 6.07) is 9.06. The van der Waals surface area contributed by atoms with Crippen molar-refractivity contribution in [3.05, 3.63) is 52.0 Å². The fraction of sp³-hybridized carbons (Fsp3) is 0.133. The number of hydrogen-bond donors (Lipinski definition) is 0. The Morgan fingerprint density at radius 1 is 1.29 bits per heavy atom. The molecule has 0 bridgehead atoms. The molecule has 0 radical (unpaired) electrons. The van der Waals surface area contributed by atoms with E-state index in [1.807, 2.05) is 25.1 Å². The number of ether oxygens (including phenoxy) is 1. The van der Waals surface area contributed by atoms with Gasteiger partial charge < -0.3 is 4.74 Å². The summed E-state index contributed by atoms with van der Waals surface area (Å²) in [5.74, 6) is 0.990. The average Bonchev–Trinajstić information content (AvgIpc) is 2.84. The van der Waals surface area contributed by atoms with E-state index in [2.05, 4.69) is 10.2 Å². The molecule has 0 aliphatic rings. The van der Waals surface area contributed by atoms with Crippen molar-refractivity contribution in [2.24, 2.45) is 5.18 Å². The lowest BCUT2D eigenvalue weighted by molar-refractivity contribution is 0.414. The van der Waals surface area contributed by atoms with Gasteiger partial charge >= 0.3 is 0 Å². The lowest BCUT2D eigenvalue weighted by atomic mass is 10.1. The van der Waals surface area contributed by atoms with Gasteiger partial charge in [0.15, 0.2) is 0 Å². The Balaban J connectivity index is 2.27. The molecule has 0 atom stereocenters. The van der Waals surface area contributed by atoms with Gasteiger partial charge in [0.25, 0.3) is 0 Å². The first-order valence-electron chi connectivity index (χ1n) is 6.30. The molecule has 6 heteroatoms. The van der Waals surface area contributed by atoms with Crippen LogP contribution in [0.25, 0.3) is 16.9 Å². The number of hydrogen-bond acceptors (Lipinski definition) is 4. The van der Waals surface area contributed by atoms with Crippen LogP contribution in [0.15, 0.2) is 41.7 Å². The van der Waals surface area contributed by atoms with Crippen molar-refractivity contribution in [1.29, 1.82) is 0 Å². The lowest BCUT2D eigenvalue weighted by Crippen LogP contribution is -1.88. The first-order valence-corrected chi connectivity index (χ1v) is 6.68. The molecule has 0 aliphatic carbocycles. The highest BCUT2D eigenvalue weighted by molar-refractivity contribution is 6.30. The van der Waals surface area contributed by atoms with E-state index in [-0.39, 0.29) is 5.82 Å². The van der Waals surface area contributed by atoms with Crippen molar-refractivity contribution in [3.8, 4) is 17.0 Å². The number of methoxy groups -OCH3 is 1. The molecule has 0 fully saturated rings. The standard InChI is InChI=1S/C15H12ClN3O2/c1-9-7-11(21-2)4-5-12(9)14-15(18-20)19-8-10(16)3-6-13(19)17-14/h3-8H,1-2H3. The number of nitroso groups, excluding NO2 is 1. The third kappa shape index (κ3) is 2.25. The maximum atomic E-state index is 11.2. The molecule has 5 nitrogen and oxygen atoms in total. The van der Waals surface area contributed by atoms with Crippen molar-refractivity contribution in [2.75, 3.05) is 7.11 Å².